The molecular weight excluding hydrogens is 274 g/mol. The van der Waals surface area contributed by atoms with Crippen molar-refractivity contribution in [3.8, 4) is 0 Å². The fourth-order valence-corrected chi connectivity index (χ4v) is 2.22. The van der Waals surface area contributed by atoms with Crippen molar-refractivity contribution in [2.75, 3.05) is 6.54 Å². The second-order valence-corrected chi connectivity index (χ2v) is 5.80. The van der Waals surface area contributed by atoms with E-state index in [0.717, 1.165) is 11.4 Å². The fraction of sp³-hybridized carbons (Fsp3) is 0.375. The highest BCUT2D eigenvalue weighted by Gasteiger charge is 2.26. The van der Waals surface area contributed by atoms with E-state index in [4.69, 9.17) is 16.0 Å². The molecule has 0 saturated carbocycles. The van der Waals surface area contributed by atoms with Gasteiger partial charge in [0.25, 0.3) is 0 Å². The molecule has 0 aliphatic carbocycles. The second kappa shape index (κ2) is 6.44. The summed E-state index contributed by atoms with van der Waals surface area (Å²) in [6.07, 6.45) is 2.45. The van der Waals surface area contributed by atoms with Crippen LogP contribution in [0.1, 0.15) is 25.2 Å². The summed E-state index contributed by atoms with van der Waals surface area (Å²) in [5.41, 5.74) is 0.213. The molecule has 20 heavy (non-hydrogen) atoms. The zero-order chi connectivity index (χ0) is 14.6. The van der Waals surface area contributed by atoms with Gasteiger partial charge < -0.3 is 14.8 Å². The number of furan rings is 1. The van der Waals surface area contributed by atoms with Crippen molar-refractivity contribution in [3.63, 3.8) is 0 Å². The lowest BCUT2D eigenvalue weighted by molar-refractivity contribution is 0.0321. The van der Waals surface area contributed by atoms with Crippen LogP contribution in [0, 0.1) is 0 Å². The lowest BCUT2D eigenvalue weighted by Crippen LogP contribution is -2.40. The first-order valence-corrected chi connectivity index (χ1v) is 7.09. The normalized spacial score (nSPS) is 15.8. The predicted octanol–water partition coefficient (Wildman–Crippen LogP) is 3.36. The van der Waals surface area contributed by atoms with Gasteiger partial charge in [-0.1, -0.05) is 23.7 Å². The molecule has 2 unspecified atom stereocenters. The molecule has 0 saturated heterocycles. The minimum absolute atomic E-state index is 0.248. The monoisotopic (exact) mass is 293 g/mol. The van der Waals surface area contributed by atoms with Crippen LogP contribution in [0.25, 0.3) is 0 Å². The van der Waals surface area contributed by atoms with Crippen molar-refractivity contribution in [2.24, 2.45) is 0 Å². The molecule has 0 radical (unpaired) electrons. The minimum Gasteiger partial charge on any atom is -0.466 e. The van der Waals surface area contributed by atoms with Crippen molar-refractivity contribution in [2.45, 2.75) is 31.9 Å². The molecule has 0 spiro atoms. The van der Waals surface area contributed by atoms with Gasteiger partial charge in [-0.2, -0.15) is 0 Å². The third kappa shape index (κ3) is 4.10. The molecule has 0 fully saturated rings. The van der Waals surface area contributed by atoms with Crippen molar-refractivity contribution in [1.29, 1.82) is 0 Å². The quantitative estimate of drug-likeness (QED) is 0.858. The molecule has 1 aromatic heterocycles. The Hall–Kier alpha value is -1.29. The molecule has 108 valence electrons. The number of aliphatic hydroxyl groups is 1. The summed E-state index contributed by atoms with van der Waals surface area (Å²) < 4.78 is 5.26. The molecule has 0 aliphatic heterocycles. The van der Waals surface area contributed by atoms with Gasteiger partial charge in [0, 0.05) is 17.6 Å². The molecule has 1 heterocycles. The topological polar surface area (TPSA) is 45.4 Å². The number of nitrogens with one attached hydrogen (secondary N) is 1. The first-order valence-electron chi connectivity index (χ1n) is 6.71. The summed E-state index contributed by atoms with van der Waals surface area (Å²) in [6, 6.07) is 11.6. The maximum atomic E-state index is 10.4. The highest BCUT2D eigenvalue weighted by atomic mass is 35.5. The van der Waals surface area contributed by atoms with Gasteiger partial charge in [-0.25, -0.2) is 0 Å². The van der Waals surface area contributed by atoms with Crippen molar-refractivity contribution in [1.82, 2.24) is 5.32 Å². The fourth-order valence-electron chi connectivity index (χ4n) is 2.09. The molecule has 4 heteroatoms. The molecule has 0 bridgehead atoms. The van der Waals surface area contributed by atoms with Crippen LogP contribution in [0.2, 0.25) is 5.02 Å². The summed E-state index contributed by atoms with van der Waals surface area (Å²) >= 11 is 5.87. The first kappa shape index (κ1) is 15.1. The molecule has 2 atom stereocenters. The van der Waals surface area contributed by atoms with Crippen LogP contribution in [0.15, 0.2) is 47.1 Å². The van der Waals surface area contributed by atoms with E-state index in [2.05, 4.69) is 12.2 Å². The zero-order valence-corrected chi connectivity index (χ0v) is 12.5. The largest absolute Gasteiger partial charge is 0.466 e. The maximum Gasteiger partial charge on any atom is 0.136 e. The van der Waals surface area contributed by atoms with Crippen molar-refractivity contribution in [3.05, 3.63) is 59.0 Å². The molecule has 3 nitrogen and oxygen atoms in total. The molecule has 2 aromatic rings. The summed E-state index contributed by atoms with van der Waals surface area (Å²) in [6.45, 7) is 4.27. The Bertz CT molecular complexity index is 520. The van der Waals surface area contributed by atoms with E-state index < -0.39 is 5.60 Å². The van der Waals surface area contributed by atoms with E-state index in [1.165, 1.54) is 5.56 Å². The third-order valence-electron chi connectivity index (χ3n) is 3.30. The smallest absolute Gasteiger partial charge is 0.136 e. The van der Waals surface area contributed by atoms with Gasteiger partial charge in [0.05, 0.1) is 6.26 Å². The predicted molar refractivity (Wildman–Crippen MR) is 80.9 cm³/mol. The van der Waals surface area contributed by atoms with Gasteiger partial charge in [-0.15, -0.1) is 0 Å². The van der Waals surface area contributed by atoms with Crippen LogP contribution in [-0.4, -0.2) is 17.7 Å². The lowest BCUT2D eigenvalue weighted by atomic mass is 10.0. The Balaban J connectivity index is 1.86. The summed E-state index contributed by atoms with van der Waals surface area (Å²) in [5, 5.41) is 14.4. The Labute approximate surface area is 124 Å². The molecule has 1 aromatic carbocycles. The zero-order valence-electron chi connectivity index (χ0n) is 11.8. The van der Waals surface area contributed by atoms with Crippen LogP contribution in [0.4, 0.5) is 0 Å². The second-order valence-electron chi connectivity index (χ2n) is 5.36. The Morgan fingerprint density at radius 2 is 2.00 bits per heavy atom. The average Bonchev–Trinajstić information content (AvgIpc) is 2.94. The number of halogens is 1. The molecular formula is C16H20ClNO2. The van der Waals surface area contributed by atoms with E-state index in [1.54, 1.807) is 25.3 Å². The van der Waals surface area contributed by atoms with Crippen LogP contribution >= 0.6 is 11.6 Å². The van der Waals surface area contributed by atoms with Gasteiger partial charge >= 0.3 is 0 Å². The number of hydrogen-bond donors (Lipinski definition) is 2. The summed E-state index contributed by atoms with van der Waals surface area (Å²) in [5.74, 6) is 0.573. The molecule has 0 amide bonds. The lowest BCUT2D eigenvalue weighted by Gasteiger charge is -2.24. The van der Waals surface area contributed by atoms with Crippen LogP contribution < -0.4 is 5.32 Å². The van der Waals surface area contributed by atoms with E-state index in [1.807, 2.05) is 24.3 Å². The summed E-state index contributed by atoms with van der Waals surface area (Å²) in [7, 11) is 0. The number of benzene rings is 1. The first-order chi connectivity index (χ1) is 9.47. The van der Waals surface area contributed by atoms with Crippen molar-refractivity contribution < 1.29 is 9.52 Å². The van der Waals surface area contributed by atoms with Gasteiger partial charge in [-0.3, -0.25) is 0 Å². The SMILES string of the molecule is CC(Cc1ccc(Cl)cc1)NCC(C)(O)c1ccco1. The Kier molecular flexibility index (Phi) is 4.86. The van der Waals surface area contributed by atoms with E-state index in [0.29, 0.717) is 12.3 Å². The molecule has 0 aliphatic rings. The maximum absolute atomic E-state index is 10.4. The van der Waals surface area contributed by atoms with Crippen LogP contribution in [0.5, 0.6) is 0 Å². The highest BCUT2D eigenvalue weighted by molar-refractivity contribution is 6.30. The van der Waals surface area contributed by atoms with E-state index >= 15 is 0 Å². The van der Waals surface area contributed by atoms with E-state index in [-0.39, 0.29) is 6.04 Å². The van der Waals surface area contributed by atoms with Crippen LogP contribution in [-0.2, 0) is 12.0 Å². The Morgan fingerprint density at radius 1 is 1.30 bits per heavy atom. The number of hydrogen-bond acceptors (Lipinski definition) is 3. The average molecular weight is 294 g/mol. The minimum atomic E-state index is -1.00. The number of rotatable bonds is 6. The Morgan fingerprint density at radius 3 is 2.60 bits per heavy atom. The van der Waals surface area contributed by atoms with Gasteiger partial charge in [0.15, 0.2) is 0 Å². The summed E-state index contributed by atoms with van der Waals surface area (Å²) in [4.78, 5) is 0. The van der Waals surface area contributed by atoms with E-state index in [9.17, 15) is 5.11 Å². The van der Waals surface area contributed by atoms with Crippen LogP contribution in [0.3, 0.4) is 0 Å². The third-order valence-corrected chi connectivity index (χ3v) is 3.55. The van der Waals surface area contributed by atoms with Crippen molar-refractivity contribution >= 4 is 11.6 Å². The van der Waals surface area contributed by atoms with Gasteiger partial charge in [0.1, 0.15) is 11.4 Å². The standard InChI is InChI=1S/C16H20ClNO2/c1-12(10-13-5-7-14(17)8-6-13)18-11-16(2,19)15-4-3-9-20-15/h3-9,12,18-19H,10-11H2,1-2H3. The highest BCUT2D eigenvalue weighted by Crippen LogP contribution is 2.20. The van der Waals surface area contributed by atoms with Gasteiger partial charge in [-0.05, 0) is 50.1 Å². The molecule has 2 rings (SSSR count). The van der Waals surface area contributed by atoms with Gasteiger partial charge in [0.2, 0.25) is 0 Å². The molecule has 2 N–H and O–H groups in total.